The number of carbonyl (C=O) groups excluding carboxylic acids is 1. The van der Waals surface area contributed by atoms with Crippen molar-refractivity contribution in [2.24, 2.45) is 11.8 Å². The fourth-order valence-corrected chi connectivity index (χ4v) is 2.37. The molecule has 1 rings (SSSR count). The smallest absolute Gasteiger partial charge is 0.331 e. The zero-order chi connectivity index (χ0) is 11.3. The molecule has 0 aliphatic heterocycles. The standard InChI is InChI=1S/C12H21NO2/c1-4-10-5-6-11(9(10)2)13-8-7-12(14)15-3/h7-11,13H,4-6H2,1-3H3/b8-7+. The van der Waals surface area contributed by atoms with E-state index in [1.807, 2.05) is 0 Å². The first-order chi connectivity index (χ1) is 7.19. The van der Waals surface area contributed by atoms with Gasteiger partial charge in [0.05, 0.1) is 7.11 Å². The van der Waals surface area contributed by atoms with Crippen molar-refractivity contribution in [3.63, 3.8) is 0 Å². The quantitative estimate of drug-likeness (QED) is 0.571. The molecule has 1 N–H and O–H groups in total. The summed E-state index contributed by atoms with van der Waals surface area (Å²) in [6.07, 6.45) is 6.89. The highest BCUT2D eigenvalue weighted by molar-refractivity contribution is 5.81. The lowest BCUT2D eigenvalue weighted by molar-refractivity contribution is -0.134. The molecular formula is C12H21NO2. The summed E-state index contributed by atoms with van der Waals surface area (Å²) >= 11 is 0. The Balaban J connectivity index is 2.34. The number of methoxy groups -OCH3 is 1. The van der Waals surface area contributed by atoms with E-state index in [0.717, 1.165) is 5.92 Å². The van der Waals surface area contributed by atoms with Crippen LogP contribution in [0.5, 0.6) is 0 Å². The molecule has 0 amide bonds. The third-order valence-electron chi connectivity index (χ3n) is 3.48. The Morgan fingerprint density at radius 3 is 2.80 bits per heavy atom. The van der Waals surface area contributed by atoms with Crippen molar-refractivity contribution < 1.29 is 9.53 Å². The van der Waals surface area contributed by atoms with E-state index in [1.165, 1.54) is 32.4 Å². The maximum Gasteiger partial charge on any atom is 0.331 e. The number of nitrogens with one attached hydrogen (secondary N) is 1. The molecule has 0 aromatic heterocycles. The number of ether oxygens (including phenoxy) is 1. The van der Waals surface area contributed by atoms with Crippen LogP contribution in [-0.4, -0.2) is 19.1 Å². The van der Waals surface area contributed by atoms with Gasteiger partial charge in [-0.15, -0.1) is 0 Å². The van der Waals surface area contributed by atoms with Crippen LogP contribution in [0.3, 0.4) is 0 Å². The molecule has 1 fully saturated rings. The molecule has 3 atom stereocenters. The second-order valence-electron chi connectivity index (χ2n) is 4.23. The van der Waals surface area contributed by atoms with Crippen LogP contribution >= 0.6 is 0 Å². The summed E-state index contributed by atoms with van der Waals surface area (Å²) in [4.78, 5) is 10.8. The largest absolute Gasteiger partial charge is 0.466 e. The van der Waals surface area contributed by atoms with Gasteiger partial charge in [-0.1, -0.05) is 20.3 Å². The fraction of sp³-hybridized carbons (Fsp3) is 0.750. The summed E-state index contributed by atoms with van der Waals surface area (Å²) in [5.74, 6) is 1.21. The van der Waals surface area contributed by atoms with Gasteiger partial charge in [0.15, 0.2) is 0 Å². The van der Waals surface area contributed by atoms with E-state index in [9.17, 15) is 4.79 Å². The van der Waals surface area contributed by atoms with E-state index < -0.39 is 0 Å². The van der Waals surface area contributed by atoms with Crippen LogP contribution in [0.15, 0.2) is 12.3 Å². The summed E-state index contributed by atoms with van der Waals surface area (Å²) in [5.41, 5.74) is 0. The monoisotopic (exact) mass is 211 g/mol. The maximum absolute atomic E-state index is 10.8. The summed E-state index contributed by atoms with van der Waals surface area (Å²) in [6, 6.07) is 0.510. The molecule has 1 aliphatic carbocycles. The first kappa shape index (κ1) is 12.1. The lowest BCUT2D eigenvalue weighted by Crippen LogP contribution is -2.28. The molecule has 0 saturated heterocycles. The molecule has 3 unspecified atom stereocenters. The van der Waals surface area contributed by atoms with Crippen LogP contribution in [0, 0.1) is 11.8 Å². The van der Waals surface area contributed by atoms with Gasteiger partial charge in [0.2, 0.25) is 0 Å². The van der Waals surface area contributed by atoms with Crippen LogP contribution in [0.1, 0.15) is 33.1 Å². The molecule has 0 heterocycles. The lowest BCUT2D eigenvalue weighted by Gasteiger charge is -2.19. The van der Waals surface area contributed by atoms with E-state index >= 15 is 0 Å². The molecule has 0 radical (unpaired) electrons. The number of rotatable bonds is 4. The molecule has 3 nitrogen and oxygen atoms in total. The third kappa shape index (κ3) is 3.26. The summed E-state index contributed by atoms with van der Waals surface area (Å²) in [7, 11) is 1.39. The zero-order valence-electron chi connectivity index (χ0n) is 9.82. The van der Waals surface area contributed by atoms with Crippen LogP contribution < -0.4 is 5.32 Å². The van der Waals surface area contributed by atoms with Gasteiger partial charge in [0.1, 0.15) is 0 Å². The number of hydrogen-bond donors (Lipinski definition) is 1. The predicted octanol–water partition coefficient (Wildman–Crippen LogP) is 2.09. The number of esters is 1. The van der Waals surface area contributed by atoms with Crippen molar-refractivity contribution in [1.82, 2.24) is 5.32 Å². The van der Waals surface area contributed by atoms with E-state index in [4.69, 9.17) is 0 Å². The second kappa shape index (κ2) is 5.79. The molecule has 0 aromatic rings. The highest BCUT2D eigenvalue weighted by Crippen LogP contribution is 2.33. The van der Waals surface area contributed by atoms with Crippen molar-refractivity contribution in [2.75, 3.05) is 7.11 Å². The SMILES string of the molecule is CCC1CCC(N/C=C/C(=O)OC)C1C. The van der Waals surface area contributed by atoms with Crippen LogP contribution in [-0.2, 0) is 9.53 Å². The van der Waals surface area contributed by atoms with Gasteiger partial charge in [-0.05, 0) is 24.7 Å². The van der Waals surface area contributed by atoms with Gasteiger partial charge >= 0.3 is 5.97 Å². The molecule has 86 valence electrons. The normalized spacial score (nSPS) is 30.7. The topological polar surface area (TPSA) is 38.3 Å². The summed E-state index contributed by atoms with van der Waals surface area (Å²) in [6.45, 7) is 4.53. The molecule has 0 bridgehead atoms. The Morgan fingerprint density at radius 1 is 1.53 bits per heavy atom. The van der Waals surface area contributed by atoms with Crippen molar-refractivity contribution in [1.29, 1.82) is 0 Å². The zero-order valence-corrected chi connectivity index (χ0v) is 9.82. The second-order valence-corrected chi connectivity index (χ2v) is 4.23. The molecule has 1 aliphatic rings. The highest BCUT2D eigenvalue weighted by Gasteiger charge is 2.30. The van der Waals surface area contributed by atoms with Gasteiger partial charge < -0.3 is 10.1 Å². The predicted molar refractivity (Wildman–Crippen MR) is 60.3 cm³/mol. The third-order valence-corrected chi connectivity index (χ3v) is 3.48. The fourth-order valence-electron chi connectivity index (χ4n) is 2.37. The molecule has 0 spiro atoms. The average molecular weight is 211 g/mol. The number of hydrogen-bond acceptors (Lipinski definition) is 3. The van der Waals surface area contributed by atoms with Crippen molar-refractivity contribution >= 4 is 5.97 Å². The molecule has 3 heteroatoms. The van der Waals surface area contributed by atoms with E-state index in [-0.39, 0.29) is 5.97 Å². The van der Waals surface area contributed by atoms with Gasteiger partial charge in [-0.2, -0.15) is 0 Å². The number of carbonyl (C=O) groups is 1. The first-order valence-corrected chi connectivity index (χ1v) is 5.69. The van der Waals surface area contributed by atoms with Gasteiger partial charge in [-0.3, -0.25) is 0 Å². The van der Waals surface area contributed by atoms with Crippen molar-refractivity contribution in [3.05, 3.63) is 12.3 Å². The van der Waals surface area contributed by atoms with Gasteiger partial charge in [-0.25, -0.2) is 4.79 Å². The lowest BCUT2D eigenvalue weighted by atomic mass is 9.94. The van der Waals surface area contributed by atoms with Crippen molar-refractivity contribution in [3.8, 4) is 0 Å². The van der Waals surface area contributed by atoms with Crippen LogP contribution in [0.2, 0.25) is 0 Å². The Kier molecular flexibility index (Phi) is 4.66. The molecule has 15 heavy (non-hydrogen) atoms. The van der Waals surface area contributed by atoms with Gasteiger partial charge in [0, 0.05) is 18.3 Å². The first-order valence-electron chi connectivity index (χ1n) is 5.69. The van der Waals surface area contributed by atoms with E-state index in [1.54, 1.807) is 6.20 Å². The summed E-state index contributed by atoms with van der Waals surface area (Å²) < 4.78 is 4.52. The minimum Gasteiger partial charge on any atom is -0.466 e. The summed E-state index contributed by atoms with van der Waals surface area (Å²) in [5, 5.41) is 3.28. The molecule has 0 aromatic carbocycles. The molecule has 1 saturated carbocycles. The van der Waals surface area contributed by atoms with E-state index in [0.29, 0.717) is 12.0 Å². The van der Waals surface area contributed by atoms with Gasteiger partial charge in [0.25, 0.3) is 0 Å². The Bertz CT molecular complexity index is 238. The molecular weight excluding hydrogens is 190 g/mol. The van der Waals surface area contributed by atoms with Crippen LogP contribution in [0.4, 0.5) is 0 Å². The Morgan fingerprint density at radius 2 is 2.27 bits per heavy atom. The van der Waals surface area contributed by atoms with E-state index in [2.05, 4.69) is 23.9 Å². The average Bonchev–Trinajstić information content (AvgIpc) is 2.60. The maximum atomic E-state index is 10.8. The minimum absolute atomic E-state index is 0.305. The highest BCUT2D eigenvalue weighted by atomic mass is 16.5. The Hall–Kier alpha value is -0.990. The van der Waals surface area contributed by atoms with Crippen molar-refractivity contribution in [2.45, 2.75) is 39.2 Å². The minimum atomic E-state index is -0.305. The van der Waals surface area contributed by atoms with Crippen LogP contribution in [0.25, 0.3) is 0 Å². The Labute approximate surface area is 91.9 Å².